The van der Waals surface area contributed by atoms with Crippen LogP contribution in [0, 0.1) is 5.82 Å². The van der Waals surface area contributed by atoms with Crippen LogP contribution in [-0.4, -0.2) is 31.1 Å². The molecule has 0 saturated carbocycles. The summed E-state index contributed by atoms with van der Waals surface area (Å²) >= 11 is 0. The molecule has 0 amide bonds. The number of nitrogens with zero attached hydrogens (tertiary/aromatic N) is 1. The lowest BCUT2D eigenvalue weighted by Crippen LogP contribution is -2.38. The molecule has 0 aromatic heterocycles. The van der Waals surface area contributed by atoms with E-state index in [0.717, 1.165) is 31.8 Å². The minimum atomic E-state index is -0.206. The highest BCUT2D eigenvalue weighted by Gasteiger charge is 2.20. The molecule has 0 spiro atoms. The second-order valence-electron chi connectivity index (χ2n) is 3.96. The van der Waals surface area contributed by atoms with Crippen molar-refractivity contribution in [3.8, 4) is 0 Å². The van der Waals surface area contributed by atoms with E-state index in [0.29, 0.717) is 0 Å². The van der Waals surface area contributed by atoms with Crippen LogP contribution < -0.4 is 0 Å². The zero-order valence-corrected chi connectivity index (χ0v) is 9.23. The Bertz CT molecular complexity index is 349. The van der Waals surface area contributed by atoms with Gasteiger partial charge in [0.05, 0.1) is 12.7 Å². The van der Waals surface area contributed by atoms with Crippen LogP contribution in [0.15, 0.2) is 36.9 Å². The predicted octanol–water partition coefficient (Wildman–Crippen LogP) is 2.39. The van der Waals surface area contributed by atoms with Crippen molar-refractivity contribution in [2.45, 2.75) is 6.10 Å². The van der Waals surface area contributed by atoms with Gasteiger partial charge in [-0.15, -0.1) is 6.58 Å². The molecule has 1 aromatic rings. The van der Waals surface area contributed by atoms with Gasteiger partial charge in [-0.3, -0.25) is 4.90 Å². The monoisotopic (exact) mass is 221 g/mol. The number of benzene rings is 1. The van der Waals surface area contributed by atoms with Crippen molar-refractivity contribution in [1.29, 1.82) is 0 Å². The second-order valence-corrected chi connectivity index (χ2v) is 3.96. The summed E-state index contributed by atoms with van der Waals surface area (Å²) in [4.78, 5) is 2.28. The third-order valence-electron chi connectivity index (χ3n) is 2.78. The Morgan fingerprint density at radius 3 is 2.88 bits per heavy atom. The maximum absolute atomic E-state index is 12.8. The average Bonchev–Trinajstić information content (AvgIpc) is 2.31. The van der Waals surface area contributed by atoms with E-state index in [4.69, 9.17) is 4.74 Å². The van der Waals surface area contributed by atoms with E-state index in [2.05, 4.69) is 11.5 Å². The molecule has 1 atom stereocenters. The second kappa shape index (κ2) is 5.23. The predicted molar refractivity (Wildman–Crippen MR) is 61.7 cm³/mol. The minimum absolute atomic E-state index is 0.0503. The molecule has 2 nitrogen and oxygen atoms in total. The van der Waals surface area contributed by atoms with E-state index in [1.807, 2.05) is 6.08 Å². The summed E-state index contributed by atoms with van der Waals surface area (Å²) in [6, 6.07) is 6.53. The summed E-state index contributed by atoms with van der Waals surface area (Å²) in [5, 5.41) is 0. The van der Waals surface area contributed by atoms with Crippen LogP contribution in [0.25, 0.3) is 0 Å². The van der Waals surface area contributed by atoms with Crippen molar-refractivity contribution in [2.24, 2.45) is 0 Å². The zero-order valence-electron chi connectivity index (χ0n) is 9.23. The summed E-state index contributed by atoms with van der Waals surface area (Å²) in [6.07, 6.45) is 1.95. The van der Waals surface area contributed by atoms with Crippen LogP contribution in [-0.2, 0) is 4.74 Å². The number of halogens is 1. The van der Waals surface area contributed by atoms with Crippen LogP contribution in [0.2, 0.25) is 0 Å². The fourth-order valence-electron chi connectivity index (χ4n) is 1.93. The van der Waals surface area contributed by atoms with Gasteiger partial charge < -0.3 is 4.74 Å². The fraction of sp³-hybridized carbons (Fsp3) is 0.385. The van der Waals surface area contributed by atoms with Crippen molar-refractivity contribution in [1.82, 2.24) is 4.90 Å². The molecule has 0 unspecified atom stereocenters. The molecule has 1 aliphatic rings. The molecule has 2 rings (SSSR count). The van der Waals surface area contributed by atoms with Crippen molar-refractivity contribution < 1.29 is 9.13 Å². The third-order valence-corrected chi connectivity index (χ3v) is 2.78. The Morgan fingerprint density at radius 1 is 1.44 bits per heavy atom. The highest BCUT2D eigenvalue weighted by atomic mass is 19.1. The van der Waals surface area contributed by atoms with Gasteiger partial charge in [0.15, 0.2) is 0 Å². The van der Waals surface area contributed by atoms with Gasteiger partial charge in [-0.2, -0.15) is 0 Å². The number of hydrogen-bond donors (Lipinski definition) is 0. The van der Waals surface area contributed by atoms with Crippen LogP contribution in [0.5, 0.6) is 0 Å². The Morgan fingerprint density at radius 2 is 2.19 bits per heavy atom. The lowest BCUT2D eigenvalue weighted by molar-refractivity contribution is -0.0260. The molecule has 0 aliphatic carbocycles. The van der Waals surface area contributed by atoms with Crippen LogP contribution in [0.1, 0.15) is 11.7 Å². The third kappa shape index (κ3) is 2.68. The van der Waals surface area contributed by atoms with Crippen molar-refractivity contribution in [3.63, 3.8) is 0 Å². The molecule has 86 valence electrons. The standard InChI is InChI=1S/C13H16FNO/c1-2-7-15-8-9-16-13(10-15)11-3-5-12(14)6-4-11/h2-6,13H,1,7-10H2/t13-/m1/s1. The summed E-state index contributed by atoms with van der Waals surface area (Å²) in [5.74, 6) is -0.206. The SMILES string of the molecule is C=CCN1CCO[C@@H](c2ccc(F)cc2)C1. The Kier molecular flexibility index (Phi) is 3.70. The Labute approximate surface area is 95.3 Å². The van der Waals surface area contributed by atoms with Crippen molar-refractivity contribution >= 4 is 0 Å². The summed E-state index contributed by atoms with van der Waals surface area (Å²) in [6.45, 7) is 7.11. The van der Waals surface area contributed by atoms with Crippen molar-refractivity contribution in [2.75, 3.05) is 26.2 Å². The van der Waals surface area contributed by atoms with E-state index in [1.54, 1.807) is 12.1 Å². The molecule has 0 radical (unpaired) electrons. The first-order valence-corrected chi connectivity index (χ1v) is 5.50. The molecule has 0 N–H and O–H groups in total. The molecule has 1 heterocycles. The zero-order chi connectivity index (χ0) is 11.4. The van der Waals surface area contributed by atoms with Gasteiger partial charge in [0.1, 0.15) is 5.82 Å². The quantitative estimate of drug-likeness (QED) is 0.727. The molecule has 1 fully saturated rings. The van der Waals surface area contributed by atoms with Crippen LogP contribution in [0.3, 0.4) is 0 Å². The molecule has 1 aromatic carbocycles. The Balaban J connectivity index is 2.03. The van der Waals surface area contributed by atoms with Crippen LogP contribution >= 0.6 is 0 Å². The van der Waals surface area contributed by atoms with E-state index < -0.39 is 0 Å². The van der Waals surface area contributed by atoms with Crippen molar-refractivity contribution in [3.05, 3.63) is 48.3 Å². The maximum atomic E-state index is 12.8. The normalized spacial score (nSPS) is 21.9. The van der Waals surface area contributed by atoms with E-state index in [1.165, 1.54) is 12.1 Å². The number of rotatable bonds is 3. The van der Waals surface area contributed by atoms with Gasteiger partial charge in [0, 0.05) is 19.6 Å². The van der Waals surface area contributed by atoms with E-state index in [-0.39, 0.29) is 11.9 Å². The first-order valence-electron chi connectivity index (χ1n) is 5.50. The summed E-state index contributed by atoms with van der Waals surface area (Å²) in [5.41, 5.74) is 1.04. The van der Waals surface area contributed by atoms with Gasteiger partial charge in [0.2, 0.25) is 0 Å². The summed E-state index contributed by atoms with van der Waals surface area (Å²) in [7, 11) is 0. The fourth-order valence-corrected chi connectivity index (χ4v) is 1.93. The molecule has 0 bridgehead atoms. The molecular formula is C13H16FNO. The molecular weight excluding hydrogens is 205 g/mol. The van der Waals surface area contributed by atoms with E-state index in [9.17, 15) is 4.39 Å². The molecule has 3 heteroatoms. The molecule has 16 heavy (non-hydrogen) atoms. The number of hydrogen-bond acceptors (Lipinski definition) is 2. The minimum Gasteiger partial charge on any atom is -0.371 e. The number of morpholine rings is 1. The molecule has 1 aliphatic heterocycles. The highest BCUT2D eigenvalue weighted by Crippen LogP contribution is 2.22. The summed E-state index contributed by atoms with van der Waals surface area (Å²) < 4.78 is 18.5. The maximum Gasteiger partial charge on any atom is 0.123 e. The lowest BCUT2D eigenvalue weighted by Gasteiger charge is -2.32. The van der Waals surface area contributed by atoms with Crippen LogP contribution in [0.4, 0.5) is 4.39 Å². The first-order chi connectivity index (χ1) is 7.79. The average molecular weight is 221 g/mol. The van der Waals surface area contributed by atoms with Gasteiger partial charge in [0.25, 0.3) is 0 Å². The molecule has 1 saturated heterocycles. The largest absolute Gasteiger partial charge is 0.371 e. The Hall–Kier alpha value is -1.19. The lowest BCUT2D eigenvalue weighted by atomic mass is 10.1. The van der Waals surface area contributed by atoms with E-state index >= 15 is 0 Å². The smallest absolute Gasteiger partial charge is 0.123 e. The number of ether oxygens (including phenoxy) is 1. The van der Waals surface area contributed by atoms with Gasteiger partial charge in [-0.05, 0) is 17.7 Å². The van der Waals surface area contributed by atoms with Gasteiger partial charge in [-0.1, -0.05) is 18.2 Å². The topological polar surface area (TPSA) is 12.5 Å². The first kappa shape index (κ1) is 11.3. The van der Waals surface area contributed by atoms with Gasteiger partial charge >= 0.3 is 0 Å². The highest BCUT2D eigenvalue weighted by molar-refractivity contribution is 5.19. The van der Waals surface area contributed by atoms with Gasteiger partial charge in [-0.25, -0.2) is 4.39 Å².